The molecule has 3 saturated carbocycles. The summed E-state index contributed by atoms with van der Waals surface area (Å²) in [6.07, 6.45) is 13.9. The molecule has 0 aromatic carbocycles. The number of Topliss-reactive ketones (excluding diaryl/α,β-unsaturated/α-hetero) is 1. The third-order valence-corrected chi connectivity index (χ3v) is 12.9. The number of nitrogens with zero attached hydrogens (tertiary/aromatic N) is 2. The quantitative estimate of drug-likeness (QED) is 0.475. The number of allylic oxidation sites excluding steroid dienone is 4. The van der Waals surface area contributed by atoms with Gasteiger partial charge in [0.25, 0.3) is 0 Å². The molecular weight excluding hydrogens is 486 g/mol. The molecule has 0 bridgehead atoms. The molecule has 0 unspecified atom stereocenters. The summed E-state index contributed by atoms with van der Waals surface area (Å²) in [5.74, 6) is 0.0158. The third kappa shape index (κ3) is 3.11. The maximum Gasteiger partial charge on any atom is 0.326 e. The van der Waals surface area contributed by atoms with Crippen molar-refractivity contribution in [2.45, 2.75) is 99.0 Å². The first-order valence-corrected chi connectivity index (χ1v) is 14.8. The monoisotopic (exact) mass is 529 g/mol. The molecule has 6 nitrogen and oxygen atoms in total. The van der Waals surface area contributed by atoms with Gasteiger partial charge in [0.1, 0.15) is 6.07 Å². The first-order chi connectivity index (χ1) is 18.1. The Hall–Kier alpha value is -2.68. The van der Waals surface area contributed by atoms with Crippen LogP contribution < -0.4 is 5.69 Å². The van der Waals surface area contributed by atoms with E-state index in [9.17, 15) is 19.6 Å². The minimum Gasteiger partial charge on any atom is -0.313 e. The van der Waals surface area contributed by atoms with Crippen LogP contribution in [0.4, 0.5) is 0 Å². The van der Waals surface area contributed by atoms with E-state index in [1.165, 1.54) is 0 Å². The minimum atomic E-state index is -0.665. The Morgan fingerprint density at radius 1 is 0.974 bits per heavy atom. The standard InChI is InChI=1S/C33H43N3O3/c1-28(2)10-12-33(36-15-14-35-27(36)39)13-11-32(7)25(21(33)18-28)22(37)16-24-30(5)17-20(19-34)26(38)29(3,4)23(30)8-9-31(24,32)6/h14-17,21,23,25H,8-13,18H2,1-7H3,(H,35,39)/t21-,23-,25-,30-,31+,32+,33-/m0/s1. The highest BCUT2D eigenvalue weighted by atomic mass is 16.1. The fourth-order valence-corrected chi connectivity index (χ4v) is 10.7. The molecule has 0 radical (unpaired) electrons. The summed E-state index contributed by atoms with van der Waals surface area (Å²) in [6.45, 7) is 15.4. The highest BCUT2D eigenvalue weighted by Gasteiger charge is 2.70. The van der Waals surface area contributed by atoms with Gasteiger partial charge in [-0.15, -0.1) is 0 Å². The van der Waals surface area contributed by atoms with Gasteiger partial charge >= 0.3 is 5.69 Å². The molecule has 1 heterocycles. The van der Waals surface area contributed by atoms with Crippen molar-refractivity contribution in [2.24, 2.45) is 44.8 Å². The van der Waals surface area contributed by atoms with Gasteiger partial charge in [0.05, 0.1) is 11.1 Å². The maximum atomic E-state index is 14.6. The highest BCUT2D eigenvalue weighted by Crippen LogP contribution is 2.74. The molecule has 208 valence electrons. The van der Waals surface area contributed by atoms with Crippen molar-refractivity contribution in [2.75, 3.05) is 0 Å². The van der Waals surface area contributed by atoms with Crippen molar-refractivity contribution >= 4 is 11.6 Å². The summed E-state index contributed by atoms with van der Waals surface area (Å²) >= 11 is 0. The Bertz CT molecular complexity index is 1450. The smallest absolute Gasteiger partial charge is 0.313 e. The molecule has 0 saturated heterocycles. The van der Waals surface area contributed by atoms with Crippen molar-refractivity contribution in [1.82, 2.24) is 9.55 Å². The molecule has 1 aromatic heterocycles. The van der Waals surface area contributed by atoms with Gasteiger partial charge in [-0.3, -0.25) is 14.2 Å². The molecule has 39 heavy (non-hydrogen) atoms. The maximum absolute atomic E-state index is 14.6. The van der Waals surface area contributed by atoms with Crippen LogP contribution in [0, 0.1) is 56.2 Å². The van der Waals surface area contributed by atoms with Crippen molar-refractivity contribution in [3.8, 4) is 6.07 Å². The van der Waals surface area contributed by atoms with Gasteiger partial charge in [-0.05, 0) is 79.1 Å². The molecule has 5 aliphatic carbocycles. The van der Waals surface area contributed by atoms with Crippen molar-refractivity contribution < 1.29 is 9.59 Å². The number of hydrogen-bond acceptors (Lipinski definition) is 4. The number of nitrogens with one attached hydrogen (secondary N) is 1. The van der Waals surface area contributed by atoms with E-state index in [1.807, 2.05) is 36.8 Å². The molecule has 5 aliphatic rings. The fraction of sp³-hybridized carbons (Fsp3) is 0.697. The zero-order valence-corrected chi connectivity index (χ0v) is 24.6. The molecule has 7 atom stereocenters. The molecule has 3 fully saturated rings. The summed E-state index contributed by atoms with van der Waals surface area (Å²) < 4.78 is 1.93. The zero-order chi connectivity index (χ0) is 28.4. The molecule has 1 aromatic rings. The van der Waals surface area contributed by atoms with Gasteiger partial charge in [-0.25, -0.2) is 4.79 Å². The first kappa shape index (κ1) is 26.5. The molecule has 0 amide bonds. The lowest BCUT2D eigenvalue weighted by molar-refractivity contribution is -0.168. The Morgan fingerprint density at radius 2 is 1.67 bits per heavy atom. The topological polar surface area (TPSA) is 95.7 Å². The molecule has 1 N–H and O–H groups in total. The van der Waals surface area contributed by atoms with Gasteiger partial charge < -0.3 is 4.98 Å². The number of ketones is 2. The lowest BCUT2D eigenvalue weighted by Crippen LogP contribution is -2.67. The van der Waals surface area contributed by atoms with E-state index in [1.54, 1.807) is 6.20 Å². The average Bonchev–Trinajstić information content (AvgIpc) is 3.29. The molecule has 0 spiro atoms. The number of aromatic nitrogens is 2. The third-order valence-electron chi connectivity index (χ3n) is 12.9. The number of imidazole rings is 1. The van der Waals surface area contributed by atoms with E-state index in [0.717, 1.165) is 50.5 Å². The van der Waals surface area contributed by atoms with Crippen LogP contribution in [0.1, 0.15) is 93.4 Å². The van der Waals surface area contributed by atoms with E-state index < -0.39 is 10.8 Å². The second-order valence-corrected chi connectivity index (χ2v) is 15.5. The summed E-state index contributed by atoms with van der Waals surface area (Å²) in [5, 5.41) is 9.91. The first-order valence-electron chi connectivity index (χ1n) is 14.8. The van der Waals surface area contributed by atoms with Crippen LogP contribution in [0.3, 0.4) is 0 Å². The number of rotatable bonds is 1. The lowest BCUT2D eigenvalue weighted by atomic mass is 9.35. The number of nitriles is 1. The predicted molar refractivity (Wildman–Crippen MR) is 149 cm³/mol. The Morgan fingerprint density at radius 3 is 2.31 bits per heavy atom. The summed E-state index contributed by atoms with van der Waals surface area (Å²) in [6, 6.07) is 2.19. The minimum absolute atomic E-state index is 0.0385. The van der Waals surface area contributed by atoms with Crippen LogP contribution in [-0.2, 0) is 15.1 Å². The second kappa shape index (κ2) is 7.74. The van der Waals surface area contributed by atoms with Crippen molar-refractivity contribution in [3.05, 3.63) is 46.2 Å². The number of carbonyl (C=O) groups is 2. The Balaban J connectivity index is 1.55. The van der Waals surface area contributed by atoms with E-state index in [0.29, 0.717) is 0 Å². The number of fused-ring (bicyclic) bond motifs is 7. The predicted octanol–water partition coefficient (Wildman–Crippen LogP) is 6.10. The highest BCUT2D eigenvalue weighted by molar-refractivity contribution is 6.04. The SMILES string of the molecule is CC1(C)CC[C@]2(n3cc[nH]c3=O)CC[C@]3(C)[C@H](C(=O)C=C4[C@@]5(C)C=C(C#N)C(=O)C(C)(C)[C@@H]5CC[C@]43C)[C@@H]2C1. The normalized spacial score (nSPS) is 44.1. The van der Waals surface area contributed by atoms with Gasteiger partial charge in [0.15, 0.2) is 11.6 Å². The van der Waals surface area contributed by atoms with Crippen LogP contribution >= 0.6 is 0 Å². The fourth-order valence-electron chi connectivity index (χ4n) is 10.7. The van der Waals surface area contributed by atoms with E-state index in [2.05, 4.69) is 45.7 Å². The van der Waals surface area contributed by atoms with Gasteiger partial charge in [-0.1, -0.05) is 60.1 Å². The van der Waals surface area contributed by atoms with Crippen molar-refractivity contribution in [3.63, 3.8) is 0 Å². The largest absolute Gasteiger partial charge is 0.326 e. The molecule has 0 aliphatic heterocycles. The van der Waals surface area contributed by atoms with Gasteiger partial charge in [0.2, 0.25) is 0 Å². The van der Waals surface area contributed by atoms with Gasteiger partial charge in [-0.2, -0.15) is 5.26 Å². The summed E-state index contributed by atoms with van der Waals surface area (Å²) in [5.41, 5.74) is -0.722. The van der Waals surface area contributed by atoms with Crippen LogP contribution in [0.2, 0.25) is 0 Å². The summed E-state index contributed by atoms with van der Waals surface area (Å²) in [4.78, 5) is 43.7. The Kier molecular flexibility index (Phi) is 5.27. The van der Waals surface area contributed by atoms with E-state index in [-0.39, 0.29) is 62.4 Å². The van der Waals surface area contributed by atoms with Gasteiger partial charge in [0, 0.05) is 29.1 Å². The van der Waals surface area contributed by atoms with Crippen molar-refractivity contribution in [1.29, 1.82) is 5.26 Å². The van der Waals surface area contributed by atoms with Crippen LogP contribution in [0.15, 0.2) is 40.5 Å². The van der Waals surface area contributed by atoms with Crippen LogP contribution in [0.5, 0.6) is 0 Å². The number of carbonyl (C=O) groups excluding carboxylic acids is 2. The molecular formula is C33H43N3O3. The number of hydrogen-bond donors (Lipinski definition) is 1. The lowest BCUT2D eigenvalue weighted by Gasteiger charge is -2.69. The number of H-pyrrole nitrogens is 1. The van der Waals surface area contributed by atoms with Crippen LogP contribution in [0.25, 0.3) is 0 Å². The summed E-state index contributed by atoms with van der Waals surface area (Å²) in [7, 11) is 0. The van der Waals surface area contributed by atoms with E-state index >= 15 is 0 Å². The molecule has 6 rings (SSSR count). The Labute approximate surface area is 231 Å². The average molecular weight is 530 g/mol. The van der Waals surface area contributed by atoms with E-state index in [4.69, 9.17) is 0 Å². The molecule has 6 heteroatoms. The van der Waals surface area contributed by atoms with Crippen LogP contribution in [-0.4, -0.2) is 21.1 Å². The number of aromatic amines is 1. The second-order valence-electron chi connectivity index (χ2n) is 15.5. The zero-order valence-electron chi connectivity index (χ0n) is 24.6.